The molecule has 0 saturated carbocycles. The van der Waals surface area contributed by atoms with Crippen molar-refractivity contribution in [3.8, 4) is 5.75 Å². The Bertz CT molecular complexity index is 1200. The van der Waals surface area contributed by atoms with Crippen LogP contribution in [0.3, 0.4) is 0 Å². The Morgan fingerprint density at radius 1 is 1.03 bits per heavy atom. The molecule has 3 aromatic carbocycles. The number of hydrogen-bond donors (Lipinski definition) is 1. The van der Waals surface area contributed by atoms with Gasteiger partial charge in [-0.1, -0.05) is 13.3 Å². The summed E-state index contributed by atoms with van der Waals surface area (Å²) in [5.41, 5.74) is 1.45. The second-order valence-corrected chi connectivity index (χ2v) is 9.34. The Morgan fingerprint density at radius 3 is 2.37 bits per heavy atom. The average Bonchev–Trinajstić information content (AvgIpc) is 3.14. The van der Waals surface area contributed by atoms with E-state index in [0.717, 1.165) is 17.7 Å². The second kappa shape index (κ2) is 11.2. The van der Waals surface area contributed by atoms with Crippen molar-refractivity contribution in [3.63, 3.8) is 0 Å². The highest BCUT2D eigenvalue weighted by Gasteiger charge is 2.40. The first-order valence-corrected chi connectivity index (χ1v) is 12.3. The van der Waals surface area contributed by atoms with Gasteiger partial charge in [-0.05, 0) is 79.2 Å². The van der Waals surface area contributed by atoms with Gasteiger partial charge in [-0.25, -0.2) is 9.29 Å². The van der Waals surface area contributed by atoms with Crippen molar-refractivity contribution in [2.45, 2.75) is 36.3 Å². The van der Waals surface area contributed by atoms with Crippen molar-refractivity contribution in [3.05, 3.63) is 84.2 Å². The number of rotatable bonds is 9. The molecule has 1 fully saturated rings. The fraction of sp³-hybridized carbons (Fsp3) is 0.222. The van der Waals surface area contributed by atoms with Crippen LogP contribution in [-0.2, 0) is 9.59 Å². The Balaban J connectivity index is 1.35. The maximum absolute atomic E-state index is 13.0. The van der Waals surface area contributed by atoms with Crippen LogP contribution >= 0.6 is 11.8 Å². The molecule has 0 aromatic heterocycles. The predicted octanol–water partition coefficient (Wildman–Crippen LogP) is 5.68. The van der Waals surface area contributed by atoms with E-state index < -0.39 is 11.1 Å². The van der Waals surface area contributed by atoms with Gasteiger partial charge in [0.25, 0.3) is 5.91 Å². The molecule has 1 heterocycles. The molecule has 8 heteroatoms. The number of ether oxygens (including phenoxy) is 1. The SMILES string of the molecule is CCCCOc1ccc(N2C(=O)CC(Sc3ccc(NC(=O)c4ccc(F)cc4)cc3)C2=O)cc1. The highest BCUT2D eigenvalue weighted by Crippen LogP contribution is 2.35. The van der Waals surface area contributed by atoms with E-state index in [9.17, 15) is 18.8 Å². The lowest BCUT2D eigenvalue weighted by atomic mass is 10.2. The van der Waals surface area contributed by atoms with Crippen LogP contribution in [0.25, 0.3) is 0 Å². The van der Waals surface area contributed by atoms with E-state index in [0.29, 0.717) is 29.3 Å². The summed E-state index contributed by atoms with van der Waals surface area (Å²) >= 11 is 1.31. The largest absolute Gasteiger partial charge is 0.494 e. The number of amides is 3. The highest BCUT2D eigenvalue weighted by molar-refractivity contribution is 8.00. The summed E-state index contributed by atoms with van der Waals surface area (Å²) in [7, 11) is 0. The standard InChI is InChI=1S/C27H25FN2O4S/c1-2-3-16-34-22-12-10-21(11-13-22)30-25(31)17-24(27(30)33)35-23-14-8-20(9-15-23)29-26(32)18-4-6-19(28)7-5-18/h4-15,24H,2-3,16-17H2,1H3,(H,29,32). The maximum Gasteiger partial charge on any atom is 0.255 e. The van der Waals surface area contributed by atoms with Crippen LogP contribution in [0, 0.1) is 5.82 Å². The van der Waals surface area contributed by atoms with Gasteiger partial charge in [0.2, 0.25) is 11.8 Å². The molecule has 0 bridgehead atoms. The number of unbranched alkanes of at least 4 members (excludes halogenated alkanes) is 1. The third-order valence-electron chi connectivity index (χ3n) is 5.46. The highest BCUT2D eigenvalue weighted by atomic mass is 32.2. The lowest BCUT2D eigenvalue weighted by Crippen LogP contribution is -2.31. The van der Waals surface area contributed by atoms with E-state index in [1.165, 1.54) is 40.9 Å². The lowest BCUT2D eigenvalue weighted by molar-refractivity contribution is -0.121. The molecule has 1 N–H and O–H groups in total. The summed E-state index contributed by atoms with van der Waals surface area (Å²) in [6.45, 7) is 2.72. The minimum atomic E-state index is -0.525. The fourth-order valence-corrected chi connectivity index (χ4v) is 4.63. The van der Waals surface area contributed by atoms with E-state index in [-0.39, 0.29) is 24.1 Å². The summed E-state index contributed by atoms with van der Waals surface area (Å²) in [4.78, 5) is 39.9. The van der Waals surface area contributed by atoms with Crippen molar-refractivity contribution in [1.29, 1.82) is 0 Å². The smallest absolute Gasteiger partial charge is 0.255 e. The lowest BCUT2D eigenvalue weighted by Gasteiger charge is -2.16. The first-order chi connectivity index (χ1) is 16.9. The number of hydrogen-bond acceptors (Lipinski definition) is 5. The maximum atomic E-state index is 13.0. The van der Waals surface area contributed by atoms with Crippen molar-refractivity contribution >= 4 is 40.9 Å². The van der Waals surface area contributed by atoms with Crippen LogP contribution in [0.2, 0.25) is 0 Å². The van der Waals surface area contributed by atoms with Crippen molar-refractivity contribution in [2.75, 3.05) is 16.8 Å². The monoisotopic (exact) mass is 492 g/mol. The molecular weight excluding hydrogens is 467 g/mol. The van der Waals surface area contributed by atoms with Gasteiger partial charge in [-0.2, -0.15) is 0 Å². The van der Waals surface area contributed by atoms with Crippen LogP contribution in [0.4, 0.5) is 15.8 Å². The Kier molecular flexibility index (Phi) is 7.82. The molecule has 1 unspecified atom stereocenters. The van der Waals surface area contributed by atoms with E-state index in [1.54, 1.807) is 48.5 Å². The molecular formula is C27H25FN2O4S. The van der Waals surface area contributed by atoms with E-state index in [1.807, 2.05) is 0 Å². The quantitative estimate of drug-likeness (QED) is 0.307. The minimum Gasteiger partial charge on any atom is -0.494 e. The van der Waals surface area contributed by atoms with Gasteiger partial charge >= 0.3 is 0 Å². The van der Waals surface area contributed by atoms with Crippen LogP contribution in [0.5, 0.6) is 5.75 Å². The molecule has 3 aromatic rings. The summed E-state index contributed by atoms with van der Waals surface area (Å²) in [6, 6.07) is 19.3. The number of nitrogens with zero attached hydrogens (tertiary/aromatic N) is 1. The Labute approximate surface area is 207 Å². The van der Waals surface area contributed by atoms with Gasteiger partial charge in [0.15, 0.2) is 0 Å². The molecule has 4 rings (SSSR count). The summed E-state index contributed by atoms with van der Waals surface area (Å²) in [6.07, 6.45) is 2.12. The predicted molar refractivity (Wildman–Crippen MR) is 134 cm³/mol. The number of nitrogens with one attached hydrogen (secondary N) is 1. The molecule has 3 amide bonds. The molecule has 0 aliphatic carbocycles. The van der Waals surface area contributed by atoms with E-state index in [4.69, 9.17) is 4.74 Å². The van der Waals surface area contributed by atoms with E-state index in [2.05, 4.69) is 12.2 Å². The molecule has 35 heavy (non-hydrogen) atoms. The van der Waals surface area contributed by atoms with Crippen LogP contribution in [-0.4, -0.2) is 29.6 Å². The van der Waals surface area contributed by atoms with Crippen molar-refractivity contribution in [2.24, 2.45) is 0 Å². The number of benzene rings is 3. The van der Waals surface area contributed by atoms with Gasteiger partial charge in [-0.15, -0.1) is 11.8 Å². The summed E-state index contributed by atoms with van der Waals surface area (Å²) < 4.78 is 18.7. The van der Waals surface area contributed by atoms with Crippen LogP contribution < -0.4 is 15.0 Å². The number of halogens is 1. The van der Waals surface area contributed by atoms with Gasteiger partial charge < -0.3 is 10.1 Å². The Hall–Kier alpha value is -3.65. The van der Waals surface area contributed by atoms with Crippen LogP contribution in [0.1, 0.15) is 36.5 Å². The topological polar surface area (TPSA) is 75.7 Å². The number of anilines is 2. The number of carbonyl (C=O) groups excluding carboxylic acids is 3. The molecule has 1 aliphatic rings. The Morgan fingerprint density at radius 2 is 1.71 bits per heavy atom. The zero-order valence-corrected chi connectivity index (χ0v) is 20.0. The van der Waals surface area contributed by atoms with Crippen LogP contribution in [0.15, 0.2) is 77.7 Å². The molecule has 1 saturated heterocycles. The molecule has 1 aliphatic heterocycles. The summed E-state index contributed by atoms with van der Waals surface area (Å²) in [5, 5.41) is 2.23. The summed E-state index contributed by atoms with van der Waals surface area (Å²) in [5.74, 6) is -0.545. The molecule has 180 valence electrons. The average molecular weight is 493 g/mol. The molecule has 1 atom stereocenters. The molecule has 0 radical (unpaired) electrons. The van der Waals surface area contributed by atoms with Gasteiger partial charge in [0.1, 0.15) is 11.6 Å². The van der Waals surface area contributed by atoms with Gasteiger partial charge in [0, 0.05) is 22.6 Å². The number of thioether (sulfide) groups is 1. The first-order valence-electron chi connectivity index (χ1n) is 11.4. The first kappa shape index (κ1) is 24.5. The third kappa shape index (κ3) is 6.08. The number of carbonyl (C=O) groups is 3. The molecule has 6 nitrogen and oxygen atoms in total. The number of imide groups is 1. The normalized spacial score (nSPS) is 15.4. The zero-order valence-electron chi connectivity index (χ0n) is 19.2. The zero-order chi connectivity index (χ0) is 24.8. The van der Waals surface area contributed by atoms with Crippen molar-refractivity contribution < 1.29 is 23.5 Å². The minimum absolute atomic E-state index is 0.112. The van der Waals surface area contributed by atoms with E-state index >= 15 is 0 Å². The second-order valence-electron chi connectivity index (χ2n) is 8.06. The fourth-order valence-electron chi connectivity index (χ4n) is 3.58. The third-order valence-corrected chi connectivity index (χ3v) is 6.66. The van der Waals surface area contributed by atoms with Crippen molar-refractivity contribution in [1.82, 2.24) is 0 Å². The van der Waals surface area contributed by atoms with Gasteiger partial charge in [0.05, 0.1) is 17.5 Å². The van der Waals surface area contributed by atoms with Gasteiger partial charge in [-0.3, -0.25) is 14.4 Å². The molecule has 0 spiro atoms.